The van der Waals surface area contributed by atoms with E-state index < -0.39 is 0 Å². The molecule has 0 saturated heterocycles. The number of phenolic OH excluding ortho intramolecular Hbond substituents is 1. The minimum Gasteiger partial charge on any atom is -0.508 e. The third-order valence-electron chi connectivity index (χ3n) is 4.05. The van der Waals surface area contributed by atoms with Gasteiger partial charge in [-0.15, -0.1) is 0 Å². The van der Waals surface area contributed by atoms with E-state index in [4.69, 9.17) is 0 Å². The molecule has 0 aliphatic rings. The zero-order valence-electron chi connectivity index (χ0n) is 13.7. The summed E-state index contributed by atoms with van der Waals surface area (Å²) in [6.07, 6.45) is 2.27. The maximum atomic E-state index is 11.8. The van der Waals surface area contributed by atoms with Crippen LogP contribution in [0.1, 0.15) is 25.1 Å². The van der Waals surface area contributed by atoms with E-state index >= 15 is 0 Å². The summed E-state index contributed by atoms with van der Waals surface area (Å²) in [7, 11) is 0. The van der Waals surface area contributed by atoms with Crippen molar-refractivity contribution in [1.29, 1.82) is 0 Å². The van der Waals surface area contributed by atoms with Gasteiger partial charge in [-0.1, -0.05) is 26.0 Å². The average molecular weight is 316 g/mol. The van der Waals surface area contributed by atoms with Gasteiger partial charge in [0.1, 0.15) is 5.75 Å². The van der Waals surface area contributed by atoms with Crippen LogP contribution in [0.4, 0.5) is 0 Å². The molecule has 0 atom stereocenters. The molecular formula is C18H24N2O3. The molecule has 0 unspecified atom stereocenters. The van der Waals surface area contributed by atoms with Crippen molar-refractivity contribution >= 4 is 0 Å². The molecule has 0 spiro atoms. The normalized spacial score (nSPS) is 11.1. The molecule has 0 amide bonds. The molecule has 124 valence electrons. The minimum absolute atomic E-state index is 0.223. The van der Waals surface area contributed by atoms with Crippen LogP contribution in [0, 0.1) is 0 Å². The molecule has 0 aliphatic carbocycles. The maximum absolute atomic E-state index is 11.8. The van der Waals surface area contributed by atoms with Crippen LogP contribution in [0.3, 0.4) is 0 Å². The maximum Gasteiger partial charge on any atom is 0.223 e. The summed E-state index contributed by atoms with van der Waals surface area (Å²) in [6, 6.07) is 8.60. The Morgan fingerprint density at radius 3 is 2.35 bits per heavy atom. The highest BCUT2D eigenvalue weighted by molar-refractivity contribution is 5.26. The molecule has 0 radical (unpaired) electrons. The van der Waals surface area contributed by atoms with Crippen LogP contribution in [0.25, 0.3) is 0 Å². The summed E-state index contributed by atoms with van der Waals surface area (Å²) < 4.78 is 1.93. The number of nitrogens with zero attached hydrogens (tertiary/aromatic N) is 2. The monoisotopic (exact) mass is 316 g/mol. The van der Waals surface area contributed by atoms with Gasteiger partial charge in [0.15, 0.2) is 5.75 Å². The first kappa shape index (κ1) is 17.1. The molecule has 1 aromatic carbocycles. The second-order valence-corrected chi connectivity index (χ2v) is 5.59. The molecule has 1 aromatic heterocycles. The smallest absolute Gasteiger partial charge is 0.223 e. The molecule has 0 saturated carbocycles. The number of pyridine rings is 1. The summed E-state index contributed by atoms with van der Waals surface area (Å²) in [6.45, 7) is 7.33. The highest BCUT2D eigenvalue weighted by Gasteiger charge is 2.09. The highest BCUT2D eigenvalue weighted by Crippen LogP contribution is 2.13. The first-order valence-corrected chi connectivity index (χ1v) is 7.96. The number of phenols is 1. The van der Waals surface area contributed by atoms with Crippen molar-refractivity contribution in [3.63, 3.8) is 0 Å². The summed E-state index contributed by atoms with van der Waals surface area (Å²) in [5.74, 6) is 0.0241. The van der Waals surface area contributed by atoms with Crippen molar-refractivity contribution in [2.75, 3.05) is 13.1 Å². The molecule has 0 aliphatic heterocycles. The summed E-state index contributed by atoms with van der Waals surface area (Å²) >= 11 is 0. The molecule has 5 nitrogen and oxygen atoms in total. The van der Waals surface area contributed by atoms with Gasteiger partial charge in [0.05, 0.1) is 6.20 Å². The van der Waals surface area contributed by atoms with E-state index in [0.717, 1.165) is 30.8 Å². The van der Waals surface area contributed by atoms with Crippen LogP contribution in [-0.2, 0) is 19.5 Å². The van der Waals surface area contributed by atoms with Crippen molar-refractivity contribution < 1.29 is 10.2 Å². The molecular weight excluding hydrogens is 292 g/mol. The van der Waals surface area contributed by atoms with Gasteiger partial charge in [-0.2, -0.15) is 0 Å². The third kappa shape index (κ3) is 4.60. The van der Waals surface area contributed by atoms with Gasteiger partial charge >= 0.3 is 0 Å². The van der Waals surface area contributed by atoms with Gasteiger partial charge < -0.3 is 14.8 Å². The molecule has 0 bridgehead atoms. The van der Waals surface area contributed by atoms with Crippen molar-refractivity contribution in [3.8, 4) is 11.5 Å². The van der Waals surface area contributed by atoms with Gasteiger partial charge in [-0.25, -0.2) is 0 Å². The standard InChI is InChI=1S/C18H24N2O3/c1-3-19(4-2)12-15-11-17(22)18(23)13-20(15)10-9-14-5-7-16(21)8-6-14/h5-8,11,13,21,23H,3-4,9-10,12H2,1-2H3. The first-order valence-electron chi connectivity index (χ1n) is 7.96. The number of benzene rings is 1. The summed E-state index contributed by atoms with van der Waals surface area (Å²) in [4.78, 5) is 14.0. The number of aromatic hydroxyl groups is 2. The van der Waals surface area contributed by atoms with E-state index in [2.05, 4.69) is 18.7 Å². The molecule has 2 aromatic rings. The molecule has 2 N–H and O–H groups in total. The zero-order chi connectivity index (χ0) is 16.8. The number of aryl methyl sites for hydroxylation is 2. The van der Waals surface area contributed by atoms with Gasteiger partial charge in [0.2, 0.25) is 5.43 Å². The van der Waals surface area contributed by atoms with Crippen molar-refractivity contribution in [3.05, 3.63) is 58.0 Å². The van der Waals surface area contributed by atoms with E-state index in [9.17, 15) is 15.0 Å². The largest absolute Gasteiger partial charge is 0.508 e. The van der Waals surface area contributed by atoms with Crippen molar-refractivity contribution in [2.45, 2.75) is 33.4 Å². The van der Waals surface area contributed by atoms with Gasteiger partial charge in [0, 0.05) is 24.8 Å². The van der Waals surface area contributed by atoms with Crippen LogP contribution >= 0.6 is 0 Å². The Hall–Kier alpha value is -2.27. The lowest BCUT2D eigenvalue weighted by Gasteiger charge is -2.21. The second kappa shape index (κ2) is 7.83. The van der Waals surface area contributed by atoms with Crippen molar-refractivity contribution in [1.82, 2.24) is 9.47 Å². The SMILES string of the molecule is CCN(CC)Cc1cc(=O)c(O)cn1CCc1ccc(O)cc1. The van der Waals surface area contributed by atoms with E-state index in [1.54, 1.807) is 12.1 Å². The van der Waals surface area contributed by atoms with Crippen LogP contribution in [0.2, 0.25) is 0 Å². The average Bonchev–Trinajstić information content (AvgIpc) is 2.55. The van der Waals surface area contributed by atoms with Crippen molar-refractivity contribution in [2.24, 2.45) is 0 Å². The number of hydrogen-bond donors (Lipinski definition) is 2. The molecule has 5 heteroatoms. The van der Waals surface area contributed by atoms with Crippen LogP contribution in [0.5, 0.6) is 11.5 Å². The molecule has 0 fully saturated rings. The molecule has 1 heterocycles. The Morgan fingerprint density at radius 1 is 1.09 bits per heavy atom. The fourth-order valence-corrected chi connectivity index (χ4v) is 2.54. The Kier molecular flexibility index (Phi) is 5.82. The van der Waals surface area contributed by atoms with Gasteiger partial charge in [0.25, 0.3) is 0 Å². The van der Waals surface area contributed by atoms with Crippen LogP contribution in [-0.4, -0.2) is 32.8 Å². The fourth-order valence-electron chi connectivity index (χ4n) is 2.54. The molecule has 2 rings (SSSR count). The van der Waals surface area contributed by atoms with E-state index in [-0.39, 0.29) is 16.9 Å². The highest BCUT2D eigenvalue weighted by atomic mass is 16.3. The van der Waals surface area contributed by atoms with Gasteiger partial charge in [-0.05, 0) is 37.2 Å². The third-order valence-corrected chi connectivity index (χ3v) is 4.05. The minimum atomic E-state index is -0.340. The van der Waals surface area contributed by atoms with E-state index in [1.807, 2.05) is 16.7 Å². The number of aromatic nitrogens is 1. The van der Waals surface area contributed by atoms with Gasteiger partial charge in [-0.3, -0.25) is 9.69 Å². The fraction of sp³-hybridized carbons (Fsp3) is 0.389. The lowest BCUT2D eigenvalue weighted by atomic mass is 10.1. The zero-order valence-corrected chi connectivity index (χ0v) is 13.7. The Bertz CT molecular complexity index is 688. The predicted molar refractivity (Wildman–Crippen MR) is 90.8 cm³/mol. The van der Waals surface area contributed by atoms with E-state index in [1.165, 1.54) is 12.3 Å². The lowest BCUT2D eigenvalue weighted by molar-refractivity contribution is 0.285. The second-order valence-electron chi connectivity index (χ2n) is 5.59. The molecule has 23 heavy (non-hydrogen) atoms. The van der Waals surface area contributed by atoms with Crippen LogP contribution < -0.4 is 5.43 Å². The first-order chi connectivity index (χ1) is 11.0. The summed E-state index contributed by atoms with van der Waals surface area (Å²) in [5, 5.41) is 19.1. The Morgan fingerprint density at radius 2 is 1.74 bits per heavy atom. The Balaban J connectivity index is 2.20. The number of rotatable bonds is 7. The predicted octanol–water partition coefficient (Wildman–Crippen LogP) is 2.34. The Labute approximate surface area is 136 Å². The number of hydrogen-bond acceptors (Lipinski definition) is 4. The van der Waals surface area contributed by atoms with E-state index in [0.29, 0.717) is 13.1 Å². The quantitative estimate of drug-likeness (QED) is 0.823. The topological polar surface area (TPSA) is 65.7 Å². The van der Waals surface area contributed by atoms with Crippen LogP contribution in [0.15, 0.2) is 41.3 Å². The summed E-state index contributed by atoms with van der Waals surface area (Å²) in [5.41, 5.74) is 1.65. The lowest BCUT2D eigenvalue weighted by Crippen LogP contribution is -2.26.